The highest BCUT2D eigenvalue weighted by Gasteiger charge is 2.17. The number of aryl methyl sites for hydroxylation is 3. The highest BCUT2D eigenvalue weighted by Crippen LogP contribution is 2.21. The third-order valence-electron chi connectivity index (χ3n) is 3.61. The molecular formula is C18H18F2N2O2. The van der Waals surface area contributed by atoms with Crippen LogP contribution in [0.15, 0.2) is 30.3 Å². The lowest BCUT2D eigenvalue weighted by molar-refractivity contribution is -0.136. The van der Waals surface area contributed by atoms with Gasteiger partial charge in [0, 0.05) is 17.8 Å². The zero-order chi connectivity index (χ0) is 17.9. The first-order valence-corrected chi connectivity index (χ1v) is 7.39. The predicted octanol–water partition coefficient (Wildman–Crippen LogP) is 3.14. The van der Waals surface area contributed by atoms with Crippen LogP contribution in [0, 0.1) is 32.4 Å². The zero-order valence-corrected chi connectivity index (χ0v) is 13.7. The Hall–Kier alpha value is -2.76. The van der Waals surface area contributed by atoms with E-state index in [2.05, 4.69) is 10.6 Å². The van der Waals surface area contributed by atoms with Crippen LogP contribution < -0.4 is 10.6 Å². The number of carbonyl (C=O) groups excluding carboxylic acids is 2. The lowest BCUT2D eigenvalue weighted by Crippen LogP contribution is -2.35. The molecule has 0 aliphatic rings. The number of hydrogen-bond donors (Lipinski definition) is 2. The first-order valence-electron chi connectivity index (χ1n) is 7.39. The molecule has 6 heteroatoms. The Labute approximate surface area is 138 Å². The standard InChI is InChI=1S/C18H18F2N2O2/c1-10-7-11(2)16(12(3)8-10)22-18(24)17(23)21-9-13-14(19)5-4-6-15(13)20/h4-8H,9H2,1-3H3,(H,21,23)(H,22,24). The molecule has 2 aromatic carbocycles. The number of nitrogens with one attached hydrogen (secondary N) is 2. The molecular weight excluding hydrogens is 314 g/mol. The van der Waals surface area contributed by atoms with E-state index in [1.54, 1.807) is 0 Å². The summed E-state index contributed by atoms with van der Waals surface area (Å²) in [5, 5.41) is 4.75. The number of amides is 2. The van der Waals surface area contributed by atoms with Gasteiger partial charge >= 0.3 is 11.8 Å². The lowest BCUT2D eigenvalue weighted by Gasteiger charge is -2.13. The Morgan fingerprint density at radius 3 is 2.04 bits per heavy atom. The minimum absolute atomic E-state index is 0.290. The van der Waals surface area contributed by atoms with Crippen molar-refractivity contribution < 1.29 is 18.4 Å². The molecule has 2 amide bonds. The summed E-state index contributed by atoms with van der Waals surface area (Å²) in [7, 11) is 0. The first kappa shape index (κ1) is 17.6. The van der Waals surface area contributed by atoms with Crippen molar-refractivity contribution in [1.82, 2.24) is 5.32 Å². The summed E-state index contributed by atoms with van der Waals surface area (Å²) >= 11 is 0. The van der Waals surface area contributed by atoms with Crippen molar-refractivity contribution in [1.29, 1.82) is 0 Å². The third-order valence-corrected chi connectivity index (χ3v) is 3.61. The number of benzene rings is 2. The van der Waals surface area contributed by atoms with Crippen LogP contribution >= 0.6 is 0 Å². The fraction of sp³-hybridized carbons (Fsp3) is 0.222. The SMILES string of the molecule is Cc1cc(C)c(NC(=O)C(=O)NCc2c(F)cccc2F)c(C)c1. The molecule has 0 aromatic heterocycles. The summed E-state index contributed by atoms with van der Waals surface area (Å²) in [5.74, 6) is -3.40. The summed E-state index contributed by atoms with van der Waals surface area (Å²) in [6.07, 6.45) is 0. The number of rotatable bonds is 3. The molecule has 126 valence electrons. The lowest BCUT2D eigenvalue weighted by atomic mass is 10.1. The van der Waals surface area contributed by atoms with Gasteiger partial charge in [0.15, 0.2) is 0 Å². The van der Waals surface area contributed by atoms with Gasteiger partial charge in [-0.3, -0.25) is 9.59 Å². The van der Waals surface area contributed by atoms with Crippen LogP contribution in [0.3, 0.4) is 0 Å². The highest BCUT2D eigenvalue weighted by atomic mass is 19.1. The molecule has 0 saturated carbocycles. The average Bonchev–Trinajstić information content (AvgIpc) is 2.49. The Kier molecular flexibility index (Phi) is 5.28. The van der Waals surface area contributed by atoms with Crippen LogP contribution in [0.5, 0.6) is 0 Å². The van der Waals surface area contributed by atoms with Gasteiger partial charge < -0.3 is 10.6 Å². The van der Waals surface area contributed by atoms with E-state index in [0.29, 0.717) is 5.69 Å². The molecule has 0 aliphatic carbocycles. The van der Waals surface area contributed by atoms with Gasteiger partial charge in [-0.2, -0.15) is 0 Å². The normalized spacial score (nSPS) is 10.4. The van der Waals surface area contributed by atoms with Gasteiger partial charge in [-0.1, -0.05) is 23.8 Å². The van der Waals surface area contributed by atoms with Crippen molar-refractivity contribution in [3.63, 3.8) is 0 Å². The van der Waals surface area contributed by atoms with E-state index in [1.807, 2.05) is 32.9 Å². The molecule has 2 aromatic rings. The maximum Gasteiger partial charge on any atom is 0.313 e. The van der Waals surface area contributed by atoms with Gasteiger partial charge in [-0.25, -0.2) is 8.78 Å². The van der Waals surface area contributed by atoms with Crippen molar-refractivity contribution in [3.8, 4) is 0 Å². The van der Waals surface area contributed by atoms with Gasteiger partial charge in [0.1, 0.15) is 11.6 Å². The fourth-order valence-electron chi connectivity index (χ4n) is 2.50. The number of halogens is 2. The minimum atomic E-state index is -0.961. The number of anilines is 1. The van der Waals surface area contributed by atoms with Crippen LogP contribution in [0.4, 0.5) is 14.5 Å². The zero-order valence-electron chi connectivity index (χ0n) is 13.7. The van der Waals surface area contributed by atoms with Crippen LogP contribution in [0.1, 0.15) is 22.3 Å². The molecule has 2 N–H and O–H groups in total. The number of hydrogen-bond acceptors (Lipinski definition) is 2. The molecule has 0 radical (unpaired) electrons. The molecule has 2 rings (SSSR count). The second-order valence-electron chi connectivity index (χ2n) is 5.61. The van der Waals surface area contributed by atoms with Crippen molar-refractivity contribution in [2.75, 3.05) is 5.32 Å². The van der Waals surface area contributed by atoms with Gasteiger partial charge in [-0.15, -0.1) is 0 Å². The Balaban J connectivity index is 2.05. The number of carbonyl (C=O) groups is 2. The molecule has 0 aliphatic heterocycles. The van der Waals surface area contributed by atoms with Crippen molar-refractivity contribution >= 4 is 17.5 Å². The minimum Gasteiger partial charge on any atom is -0.344 e. The van der Waals surface area contributed by atoms with E-state index < -0.39 is 30.0 Å². The van der Waals surface area contributed by atoms with Crippen molar-refractivity contribution in [2.24, 2.45) is 0 Å². The van der Waals surface area contributed by atoms with Crippen LogP contribution in [0.25, 0.3) is 0 Å². The Morgan fingerprint density at radius 1 is 0.958 bits per heavy atom. The Morgan fingerprint density at radius 2 is 1.50 bits per heavy atom. The van der Waals surface area contributed by atoms with Gasteiger partial charge in [0.05, 0.1) is 0 Å². The van der Waals surface area contributed by atoms with Crippen LogP contribution in [0.2, 0.25) is 0 Å². The quantitative estimate of drug-likeness (QED) is 0.849. The molecule has 0 saturated heterocycles. The smallest absolute Gasteiger partial charge is 0.313 e. The van der Waals surface area contributed by atoms with Gasteiger partial charge in [-0.05, 0) is 44.0 Å². The molecule has 4 nitrogen and oxygen atoms in total. The van der Waals surface area contributed by atoms with Gasteiger partial charge in [0.25, 0.3) is 0 Å². The van der Waals surface area contributed by atoms with E-state index in [1.165, 1.54) is 6.07 Å². The maximum atomic E-state index is 13.5. The largest absolute Gasteiger partial charge is 0.344 e. The molecule has 0 unspecified atom stereocenters. The molecule has 0 bridgehead atoms. The van der Waals surface area contributed by atoms with E-state index in [9.17, 15) is 18.4 Å². The second kappa shape index (κ2) is 7.21. The third kappa shape index (κ3) is 3.95. The first-order chi connectivity index (χ1) is 11.3. The molecule has 0 heterocycles. The molecule has 24 heavy (non-hydrogen) atoms. The van der Waals surface area contributed by atoms with E-state index in [-0.39, 0.29) is 5.56 Å². The monoisotopic (exact) mass is 332 g/mol. The molecule has 0 spiro atoms. The van der Waals surface area contributed by atoms with Crippen LogP contribution in [-0.4, -0.2) is 11.8 Å². The van der Waals surface area contributed by atoms with Crippen molar-refractivity contribution in [2.45, 2.75) is 27.3 Å². The summed E-state index contributed by atoms with van der Waals surface area (Å²) in [6.45, 7) is 5.17. The van der Waals surface area contributed by atoms with Crippen LogP contribution in [-0.2, 0) is 16.1 Å². The second-order valence-corrected chi connectivity index (χ2v) is 5.61. The van der Waals surface area contributed by atoms with Crippen molar-refractivity contribution in [3.05, 3.63) is 64.2 Å². The predicted molar refractivity (Wildman–Crippen MR) is 87.5 cm³/mol. The molecule has 0 atom stereocenters. The molecule has 0 fully saturated rings. The average molecular weight is 332 g/mol. The van der Waals surface area contributed by atoms with E-state index >= 15 is 0 Å². The Bertz CT molecular complexity index is 760. The maximum absolute atomic E-state index is 13.5. The van der Waals surface area contributed by atoms with Gasteiger partial charge in [0.2, 0.25) is 0 Å². The summed E-state index contributed by atoms with van der Waals surface area (Å²) in [5.41, 5.74) is 2.96. The topological polar surface area (TPSA) is 58.2 Å². The summed E-state index contributed by atoms with van der Waals surface area (Å²) in [6, 6.07) is 7.17. The van der Waals surface area contributed by atoms with E-state index in [4.69, 9.17) is 0 Å². The highest BCUT2D eigenvalue weighted by molar-refractivity contribution is 6.39. The summed E-state index contributed by atoms with van der Waals surface area (Å²) in [4.78, 5) is 23.8. The van der Waals surface area contributed by atoms with E-state index in [0.717, 1.165) is 28.8 Å². The fourth-order valence-corrected chi connectivity index (χ4v) is 2.50. The summed E-state index contributed by atoms with van der Waals surface area (Å²) < 4.78 is 27.0.